The number of thioether (sulfide) groups is 1. The van der Waals surface area contributed by atoms with Gasteiger partial charge in [-0.3, -0.25) is 14.5 Å². The Morgan fingerprint density at radius 2 is 2.07 bits per heavy atom. The van der Waals surface area contributed by atoms with Crippen molar-refractivity contribution in [3.8, 4) is 0 Å². The third-order valence-corrected chi connectivity index (χ3v) is 6.22. The first-order valence-electron chi connectivity index (χ1n) is 9.47. The molecule has 0 saturated carbocycles. The maximum Gasteiger partial charge on any atom is 0.252 e. The molecule has 148 valence electrons. The first-order chi connectivity index (χ1) is 13.6. The second kappa shape index (κ2) is 9.89. The summed E-state index contributed by atoms with van der Waals surface area (Å²) in [6, 6.07) is 9.86. The molecule has 28 heavy (non-hydrogen) atoms. The average molecular weight is 416 g/mol. The van der Waals surface area contributed by atoms with E-state index in [-0.39, 0.29) is 18.2 Å². The molecule has 2 amide bonds. The predicted molar refractivity (Wildman–Crippen MR) is 118 cm³/mol. The molecule has 0 spiro atoms. The number of aliphatic imine (C=N–C) groups is 1. The standard InChI is InChI=1S/C21H25N3O2S2/c1-15(2)17-6-3-4-7-18(17)23-21-24(11-5-12-28-21)19(25)8-10-22-20(26)16-9-13-27-14-16/h3-4,6-7,9,13-15H,5,8,10-12H2,1-2H3,(H,22,26). The van der Waals surface area contributed by atoms with E-state index in [9.17, 15) is 9.59 Å². The minimum atomic E-state index is -0.137. The van der Waals surface area contributed by atoms with Gasteiger partial charge in [-0.25, -0.2) is 4.99 Å². The summed E-state index contributed by atoms with van der Waals surface area (Å²) in [7, 11) is 0. The highest BCUT2D eigenvalue weighted by atomic mass is 32.2. The maximum absolute atomic E-state index is 12.8. The van der Waals surface area contributed by atoms with Gasteiger partial charge < -0.3 is 5.32 Å². The minimum Gasteiger partial charge on any atom is -0.351 e. The van der Waals surface area contributed by atoms with Crippen molar-refractivity contribution < 1.29 is 9.59 Å². The van der Waals surface area contributed by atoms with Crippen molar-refractivity contribution in [1.82, 2.24) is 10.2 Å². The van der Waals surface area contributed by atoms with Gasteiger partial charge in [0.05, 0.1) is 5.69 Å². The zero-order valence-corrected chi connectivity index (χ0v) is 17.8. The average Bonchev–Trinajstić information content (AvgIpc) is 3.23. The predicted octanol–water partition coefficient (Wildman–Crippen LogP) is 4.64. The molecule has 0 unspecified atom stereocenters. The normalized spacial score (nSPS) is 15.8. The van der Waals surface area contributed by atoms with Crippen LogP contribution in [-0.2, 0) is 4.79 Å². The minimum absolute atomic E-state index is 0.00130. The van der Waals surface area contributed by atoms with Gasteiger partial charge in [0.25, 0.3) is 5.91 Å². The number of nitrogens with zero attached hydrogens (tertiary/aromatic N) is 2. The summed E-state index contributed by atoms with van der Waals surface area (Å²) in [4.78, 5) is 31.4. The lowest BCUT2D eigenvalue weighted by Gasteiger charge is -2.28. The number of benzene rings is 1. The summed E-state index contributed by atoms with van der Waals surface area (Å²) >= 11 is 3.10. The molecule has 1 aromatic heterocycles. The van der Waals surface area contributed by atoms with Crippen molar-refractivity contribution in [2.45, 2.75) is 32.6 Å². The fourth-order valence-corrected chi connectivity index (χ4v) is 4.58. The first kappa shape index (κ1) is 20.6. The number of hydrogen-bond acceptors (Lipinski definition) is 5. The lowest BCUT2D eigenvalue weighted by Crippen LogP contribution is -2.40. The number of hydrogen-bond donors (Lipinski definition) is 1. The van der Waals surface area contributed by atoms with E-state index < -0.39 is 0 Å². The van der Waals surface area contributed by atoms with Gasteiger partial charge in [0.15, 0.2) is 5.17 Å². The molecule has 2 aromatic rings. The third-order valence-electron chi connectivity index (χ3n) is 4.47. The molecule has 1 N–H and O–H groups in total. The highest BCUT2D eigenvalue weighted by molar-refractivity contribution is 8.13. The number of thiophene rings is 1. The molecule has 0 radical (unpaired) electrons. The molecule has 1 aliphatic rings. The molecule has 3 rings (SSSR count). The summed E-state index contributed by atoms with van der Waals surface area (Å²) in [5.74, 6) is 1.19. The van der Waals surface area contributed by atoms with Gasteiger partial charge in [0, 0.05) is 36.2 Å². The van der Waals surface area contributed by atoms with E-state index in [1.54, 1.807) is 28.1 Å². The van der Waals surface area contributed by atoms with Crippen LogP contribution < -0.4 is 5.32 Å². The van der Waals surface area contributed by atoms with Gasteiger partial charge in [-0.1, -0.05) is 43.8 Å². The van der Waals surface area contributed by atoms with Crippen LogP contribution in [0.15, 0.2) is 46.1 Å². The van der Waals surface area contributed by atoms with Crippen molar-refractivity contribution in [3.05, 3.63) is 52.2 Å². The quantitative estimate of drug-likeness (QED) is 0.747. The Labute approximate surface area is 174 Å². The van der Waals surface area contributed by atoms with E-state index in [2.05, 4.69) is 25.2 Å². The molecule has 1 saturated heterocycles. The molecular formula is C21H25N3O2S2. The van der Waals surface area contributed by atoms with Gasteiger partial charge in [0.1, 0.15) is 0 Å². The Morgan fingerprint density at radius 1 is 1.25 bits per heavy atom. The maximum atomic E-state index is 12.8. The van der Waals surface area contributed by atoms with Gasteiger partial charge in [0.2, 0.25) is 5.91 Å². The number of rotatable bonds is 6. The van der Waals surface area contributed by atoms with Gasteiger partial charge in [-0.05, 0) is 35.4 Å². The van der Waals surface area contributed by atoms with Crippen molar-refractivity contribution in [3.63, 3.8) is 0 Å². The monoisotopic (exact) mass is 415 g/mol. The molecule has 7 heteroatoms. The van der Waals surface area contributed by atoms with Crippen LogP contribution in [0.4, 0.5) is 5.69 Å². The molecule has 1 aromatic carbocycles. The fraction of sp³-hybridized carbons (Fsp3) is 0.381. The van der Waals surface area contributed by atoms with E-state index in [1.807, 2.05) is 23.6 Å². The van der Waals surface area contributed by atoms with Crippen molar-refractivity contribution in [2.75, 3.05) is 18.8 Å². The highest BCUT2D eigenvalue weighted by Gasteiger charge is 2.24. The fourth-order valence-electron chi connectivity index (χ4n) is 2.98. The molecular weight excluding hydrogens is 390 g/mol. The Kier molecular flexibility index (Phi) is 7.28. The number of nitrogens with one attached hydrogen (secondary N) is 1. The van der Waals surface area contributed by atoms with E-state index >= 15 is 0 Å². The summed E-state index contributed by atoms with van der Waals surface area (Å²) in [6.45, 7) is 5.29. The third kappa shape index (κ3) is 5.23. The van der Waals surface area contributed by atoms with Crippen molar-refractivity contribution in [2.24, 2.45) is 4.99 Å². The van der Waals surface area contributed by atoms with Crippen LogP contribution in [0.3, 0.4) is 0 Å². The van der Waals surface area contributed by atoms with Crippen molar-refractivity contribution >= 4 is 45.8 Å². The summed E-state index contributed by atoms with van der Waals surface area (Å²) in [5.41, 5.74) is 2.74. The molecule has 1 aliphatic heterocycles. The van der Waals surface area contributed by atoms with Crippen LogP contribution in [0.25, 0.3) is 0 Å². The Bertz CT molecular complexity index is 847. The Morgan fingerprint density at radius 3 is 2.82 bits per heavy atom. The number of carbonyl (C=O) groups excluding carboxylic acids is 2. The zero-order valence-electron chi connectivity index (χ0n) is 16.2. The topological polar surface area (TPSA) is 61.8 Å². The summed E-state index contributed by atoms with van der Waals surface area (Å²) < 4.78 is 0. The lowest BCUT2D eigenvalue weighted by atomic mass is 10.0. The second-order valence-corrected chi connectivity index (χ2v) is 8.72. The molecule has 5 nitrogen and oxygen atoms in total. The van der Waals surface area contributed by atoms with E-state index in [1.165, 1.54) is 16.9 Å². The molecule has 0 atom stereocenters. The summed E-state index contributed by atoms with van der Waals surface area (Å²) in [6.07, 6.45) is 1.21. The number of carbonyl (C=O) groups is 2. The van der Waals surface area contributed by atoms with E-state index in [0.29, 0.717) is 24.6 Å². The Hall–Kier alpha value is -2.12. The van der Waals surface area contributed by atoms with Crippen LogP contribution in [-0.4, -0.2) is 40.7 Å². The smallest absolute Gasteiger partial charge is 0.252 e. The molecule has 2 heterocycles. The number of amidine groups is 1. The Balaban J connectivity index is 1.66. The molecule has 0 aliphatic carbocycles. The van der Waals surface area contributed by atoms with Crippen LogP contribution >= 0.6 is 23.1 Å². The summed E-state index contributed by atoms with van der Waals surface area (Å²) in [5, 5.41) is 7.24. The first-order valence-corrected chi connectivity index (χ1v) is 11.4. The molecule has 1 fully saturated rings. The largest absolute Gasteiger partial charge is 0.351 e. The van der Waals surface area contributed by atoms with Crippen LogP contribution in [0.5, 0.6) is 0 Å². The van der Waals surface area contributed by atoms with Crippen LogP contribution in [0, 0.1) is 0 Å². The van der Waals surface area contributed by atoms with Crippen LogP contribution in [0.1, 0.15) is 48.5 Å². The van der Waals surface area contributed by atoms with Crippen LogP contribution in [0.2, 0.25) is 0 Å². The van der Waals surface area contributed by atoms with Gasteiger partial charge in [-0.15, -0.1) is 0 Å². The number of para-hydroxylation sites is 1. The molecule has 0 bridgehead atoms. The highest BCUT2D eigenvalue weighted by Crippen LogP contribution is 2.29. The van der Waals surface area contributed by atoms with Gasteiger partial charge in [-0.2, -0.15) is 11.3 Å². The van der Waals surface area contributed by atoms with E-state index in [4.69, 9.17) is 4.99 Å². The lowest BCUT2D eigenvalue weighted by molar-refractivity contribution is -0.127. The van der Waals surface area contributed by atoms with Gasteiger partial charge >= 0.3 is 0 Å². The second-order valence-electron chi connectivity index (χ2n) is 6.87. The van der Waals surface area contributed by atoms with E-state index in [0.717, 1.165) is 23.0 Å². The zero-order chi connectivity index (χ0) is 19.9. The van der Waals surface area contributed by atoms with Crippen molar-refractivity contribution in [1.29, 1.82) is 0 Å². The number of amides is 2. The SMILES string of the molecule is CC(C)c1ccccc1N=C1SCCCN1C(=O)CCNC(=O)c1ccsc1.